The minimum atomic E-state index is -4.89. The van der Waals surface area contributed by atoms with Crippen molar-refractivity contribution in [3.05, 3.63) is 75.8 Å². The first-order chi connectivity index (χ1) is 18.5. The second-order valence-electron chi connectivity index (χ2n) is 9.91. The Bertz CT molecular complexity index is 1170. The number of hydrogen-bond acceptors (Lipinski definition) is 9. The van der Waals surface area contributed by atoms with Gasteiger partial charge in [-0.2, -0.15) is 8.42 Å². The van der Waals surface area contributed by atoms with Gasteiger partial charge in [0.1, 0.15) is 12.2 Å². The molecule has 0 aliphatic carbocycles. The van der Waals surface area contributed by atoms with E-state index in [1.165, 1.54) is 12.1 Å². The maximum atomic E-state index is 12.8. The van der Waals surface area contributed by atoms with Crippen molar-refractivity contribution in [3.63, 3.8) is 0 Å². The van der Waals surface area contributed by atoms with Gasteiger partial charge in [0.15, 0.2) is 0 Å². The molecule has 2 aromatic rings. The number of rotatable bonds is 14. The van der Waals surface area contributed by atoms with E-state index >= 15 is 0 Å². The number of nitro benzene ring substituents is 1. The zero-order chi connectivity index (χ0) is 28.4. The average Bonchev–Trinajstić information content (AvgIpc) is 3.36. The van der Waals surface area contributed by atoms with E-state index in [-0.39, 0.29) is 31.2 Å². The summed E-state index contributed by atoms with van der Waals surface area (Å²) in [6.07, 6.45) is -1.60. The Labute approximate surface area is 228 Å². The van der Waals surface area contributed by atoms with Gasteiger partial charge in [0.05, 0.1) is 24.2 Å². The minimum absolute atomic E-state index is 0.0132. The Morgan fingerprint density at radius 1 is 1.15 bits per heavy atom. The molecular formula is C26H35N3O9S. The van der Waals surface area contributed by atoms with E-state index in [2.05, 4.69) is 5.32 Å². The lowest BCUT2D eigenvalue weighted by Gasteiger charge is -2.33. The zero-order valence-electron chi connectivity index (χ0n) is 22.0. The van der Waals surface area contributed by atoms with E-state index in [9.17, 15) is 27.9 Å². The second kappa shape index (κ2) is 14.3. The molecule has 1 heterocycles. The normalized spacial score (nSPS) is 17.2. The van der Waals surface area contributed by atoms with Gasteiger partial charge in [-0.3, -0.25) is 19.6 Å². The second-order valence-corrected chi connectivity index (χ2v) is 11.0. The number of nitrogens with zero attached hydrogens (tertiary/aromatic N) is 2. The fraction of sp³-hybridized carbons (Fsp3) is 0.500. The lowest BCUT2D eigenvalue weighted by molar-refractivity contribution is -0.384. The molecule has 0 unspecified atom stereocenters. The zero-order valence-corrected chi connectivity index (χ0v) is 22.8. The van der Waals surface area contributed by atoms with Crippen LogP contribution < -0.4 is 5.32 Å². The number of ether oxygens (including phenoxy) is 2. The molecule has 0 bridgehead atoms. The van der Waals surface area contributed by atoms with Crippen LogP contribution in [0.2, 0.25) is 0 Å². The molecule has 3 rings (SSSR count). The number of alkyl carbamates (subject to hydrolysis) is 1. The van der Waals surface area contributed by atoms with Gasteiger partial charge in [0.2, 0.25) is 0 Å². The van der Waals surface area contributed by atoms with Crippen molar-refractivity contribution in [2.45, 2.75) is 51.5 Å². The van der Waals surface area contributed by atoms with Gasteiger partial charge in [0, 0.05) is 38.2 Å². The summed E-state index contributed by atoms with van der Waals surface area (Å²) in [6.45, 7) is 5.59. The molecule has 1 amide bonds. The summed E-state index contributed by atoms with van der Waals surface area (Å²) in [7, 11) is -4.89. The molecule has 0 saturated carbocycles. The summed E-state index contributed by atoms with van der Waals surface area (Å²) in [5, 5.41) is 13.8. The smallest absolute Gasteiger partial charge is 0.407 e. The molecule has 0 aromatic heterocycles. The van der Waals surface area contributed by atoms with Gasteiger partial charge in [-0.25, -0.2) is 8.98 Å². The first-order valence-electron chi connectivity index (χ1n) is 12.7. The molecular weight excluding hydrogens is 530 g/mol. The SMILES string of the molecule is CC(C)CN(Cc1ccc([N+](=O)[O-])cc1)C[C@@H](OS(=O)(=O)O)[C@H](Cc1ccccc1)NC(=O)O[C@H]1CCOC1. The quantitative estimate of drug-likeness (QED) is 0.198. The molecule has 214 valence electrons. The Hall–Kier alpha value is -3.10. The monoisotopic (exact) mass is 565 g/mol. The number of hydrogen-bond donors (Lipinski definition) is 2. The van der Waals surface area contributed by atoms with Crippen LogP contribution in [0.1, 0.15) is 31.4 Å². The van der Waals surface area contributed by atoms with E-state index in [1.54, 1.807) is 12.1 Å². The van der Waals surface area contributed by atoms with Crippen molar-refractivity contribution in [3.8, 4) is 0 Å². The number of carbonyl (C=O) groups is 1. The maximum absolute atomic E-state index is 12.8. The molecule has 3 atom stereocenters. The van der Waals surface area contributed by atoms with Crippen LogP contribution in [0.3, 0.4) is 0 Å². The van der Waals surface area contributed by atoms with E-state index in [1.807, 2.05) is 49.1 Å². The number of amides is 1. The van der Waals surface area contributed by atoms with Gasteiger partial charge in [-0.05, 0) is 23.5 Å². The predicted octanol–water partition coefficient (Wildman–Crippen LogP) is 3.37. The van der Waals surface area contributed by atoms with Crippen molar-refractivity contribution in [1.29, 1.82) is 0 Å². The van der Waals surface area contributed by atoms with Crippen LogP contribution in [0.15, 0.2) is 54.6 Å². The highest BCUT2D eigenvalue weighted by atomic mass is 32.3. The van der Waals surface area contributed by atoms with Crippen molar-refractivity contribution >= 4 is 22.2 Å². The predicted molar refractivity (Wildman–Crippen MR) is 142 cm³/mol. The number of carbonyl (C=O) groups excluding carboxylic acids is 1. The number of non-ortho nitro benzene ring substituents is 1. The molecule has 39 heavy (non-hydrogen) atoms. The van der Waals surface area contributed by atoms with Crippen LogP contribution in [0, 0.1) is 16.0 Å². The molecule has 1 fully saturated rings. The molecule has 2 aromatic carbocycles. The van der Waals surface area contributed by atoms with Gasteiger partial charge in [-0.15, -0.1) is 0 Å². The highest BCUT2D eigenvalue weighted by molar-refractivity contribution is 7.80. The van der Waals surface area contributed by atoms with Gasteiger partial charge in [0.25, 0.3) is 5.69 Å². The fourth-order valence-corrected chi connectivity index (χ4v) is 4.93. The lowest BCUT2D eigenvalue weighted by atomic mass is 10.0. The summed E-state index contributed by atoms with van der Waals surface area (Å²) < 4.78 is 49.3. The van der Waals surface area contributed by atoms with E-state index < -0.39 is 39.7 Å². The van der Waals surface area contributed by atoms with Gasteiger partial charge in [-0.1, -0.05) is 56.3 Å². The molecule has 2 N–H and O–H groups in total. The van der Waals surface area contributed by atoms with Gasteiger partial charge >= 0.3 is 16.5 Å². The highest BCUT2D eigenvalue weighted by Crippen LogP contribution is 2.18. The van der Waals surface area contributed by atoms with Crippen LogP contribution >= 0.6 is 0 Å². The fourth-order valence-electron chi connectivity index (χ4n) is 4.42. The summed E-state index contributed by atoms with van der Waals surface area (Å²) >= 11 is 0. The molecule has 1 aliphatic rings. The van der Waals surface area contributed by atoms with Crippen LogP contribution in [-0.2, 0) is 37.0 Å². The Morgan fingerprint density at radius 3 is 2.41 bits per heavy atom. The Morgan fingerprint density at radius 2 is 1.85 bits per heavy atom. The average molecular weight is 566 g/mol. The van der Waals surface area contributed by atoms with Crippen molar-refractivity contribution < 1.29 is 36.3 Å². The Kier molecular flexibility index (Phi) is 11.2. The van der Waals surface area contributed by atoms with Crippen LogP contribution in [0.25, 0.3) is 0 Å². The number of nitro groups is 1. The third kappa shape index (κ3) is 10.9. The lowest BCUT2D eigenvalue weighted by Crippen LogP contribution is -2.52. The molecule has 1 saturated heterocycles. The van der Waals surface area contributed by atoms with Crippen molar-refractivity contribution in [1.82, 2.24) is 10.2 Å². The molecule has 0 radical (unpaired) electrons. The summed E-state index contributed by atoms with van der Waals surface area (Å²) in [4.78, 5) is 25.2. The molecule has 0 spiro atoms. The molecule has 1 aliphatic heterocycles. The van der Waals surface area contributed by atoms with E-state index in [0.29, 0.717) is 26.1 Å². The highest BCUT2D eigenvalue weighted by Gasteiger charge is 2.32. The third-order valence-corrected chi connectivity index (χ3v) is 6.56. The Balaban J connectivity index is 1.86. The first kappa shape index (κ1) is 30.4. The van der Waals surface area contributed by atoms with E-state index in [4.69, 9.17) is 13.7 Å². The van der Waals surface area contributed by atoms with Crippen molar-refractivity contribution in [2.24, 2.45) is 5.92 Å². The number of nitrogens with one attached hydrogen (secondary N) is 1. The summed E-state index contributed by atoms with van der Waals surface area (Å²) in [5.41, 5.74) is 1.53. The summed E-state index contributed by atoms with van der Waals surface area (Å²) in [6, 6.07) is 14.3. The largest absolute Gasteiger partial charge is 0.444 e. The molecule has 12 nitrogen and oxygen atoms in total. The van der Waals surface area contributed by atoms with Gasteiger partial charge < -0.3 is 14.8 Å². The third-order valence-electron chi connectivity index (χ3n) is 6.07. The van der Waals surface area contributed by atoms with Crippen molar-refractivity contribution in [2.75, 3.05) is 26.3 Å². The molecule has 13 heteroatoms. The topological polar surface area (TPSA) is 158 Å². The standard InChI is InChI=1S/C26H35N3O9S/c1-19(2)15-28(16-21-8-10-22(11-9-21)29(31)32)17-25(38-39(33,34)35)24(14-20-6-4-3-5-7-20)27-26(30)37-23-12-13-36-18-23/h3-11,19,23-25H,12-18H2,1-2H3,(H,27,30)(H,33,34,35)/t23-,24-,25+/m0/s1. The van der Waals surface area contributed by atoms with Crippen LogP contribution in [-0.4, -0.2) is 73.4 Å². The van der Waals surface area contributed by atoms with Crippen LogP contribution in [0.4, 0.5) is 10.5 Å². The summed E-state index contributed by atoms with van der Waals surface area (Å²) in [5.74, 6) is 0.169. The first-order valence-corrected chi connectivity index (χ1v) is 14.0. The maximum Gasteiger partial charge on any atom is 0.407 e. The van der Waals surface area contributed by atoms with E-state index in [0.717, 1.165) is 11.1 Å². The number of benzene rings is 2. The minimum Gasteiger partial charge on any atom is -0.444 e. The van der Waals surface area contributed by atoms with Crippen LogP contribution in [0.5, 0.6) is 0 Å².